The van der Waals surface area contributed by atoms with Gasteiger partial charge in [-0.15, -0.1) is 0 Å². The summed E-state index contributed by atoms with van der Waals surface area (Å²) in [5.74, 6) is 0. The maximum atomic E-state index is 5.86. The third-order valence-corrected chi connectivity index (χ3v) is 4.04. The molecule has 0 atom stereocenters. The molecule has 0 aliphatic heterocycles. The second kappa shape index (κ2) is 8.64. The zero-order chi connectivity index (χ0) is 16.6. The third kappa shape index (κ3) is 4.23. The molecule has 24 heavy (non-hydrogen) atoms. The summed E-state index contributed by atoms with van der Waals surface area (Å²) in [6.07, 6.45) is 2.09. The number of nitrogens with zero attached hydrogens (tertiary/aromatic N) is 1. The molecule has 0 unspecified atom stereocenters. The maximum Gasteiger partial charge on any atom is 0.123 e. The lowest BCUT2D eigenvalue weighted by atomic mass is 10.1. The Morgan fingerprint density at radius 1 is 1.00 bits per heavy atom. The van der Waals surface area contributed by atoms with Crippen LogP contribution in [0.25, 0.3) is 10.9 Å². The van der Waals surface area contributed by atoms with Crippen molar-refractivity contribution in [2.45, 2.75) is 19.9 Å². The summed E-state index contributed by atoms with van der Waals surface area (Å²) in [5.41, 5.74) is 3.69. The predicted octanol–water partition coefficient (Wildman–Crippen LogP) is 3.55. The van der Waals surface area contributed by atoms with E-state index in [1.165, 1.54) is 22.0 Å². The van der Waals surface area contributed by atoms with Crippen molar-refractivity contribution in [2.24, 2.45) is 0 Å². The molecule has 0 fully saturated rings. The fraction of sp³-hybridized carbons (Fsp3) is 0.300. The summed E-state index contributed by atoms with van der Waals surface area (Å²) in [6.45, 7) is 3.60. The van der Waals surface area contributed by atoms with Crippen LogP contribution in [-0.4, -0.2) is 24.8 Å². The average molecular weight is 324 g/mol. The lowest BCUT2D eigenvalue weighted by molar-refractivity contribution is 0.0668. The van der Waals surface area contributed by atoms with E-state index in [0.717, 1.165) is 19.7 Å². The molecule has 1 heterocycles. The zero-order valence-corrected chi connectivity index (χ0v) is 14.1. The highest BCUT2D eigenvalue weighted by Crippen LogP contribution is 2.20. The molecule has 0 aliphatic carbocycles. The summed E-state index contributed by atoms with van der Waals surface area (Å²) in [7, 11) is 1.72. The number of hydrogen-bond donors (Lipinski definition) is 1. The van der Waals surface area contributed by atoms with Crippen LogP contribution < -0.4 is 5.32 Å². The number of rotatable bonds is 9. The van der Waals surface area contributed by atoms with E-state index in [1.807, 2.05) is 18.2 Å². The molecule has 126 valence electrons. The largest absolute Gasteiger partial charge is 0.383 e. The molecule has 3 rings (SSSR count). The van der Waals surface area contributed by atoms with Crippen LogP contribution in [0.5, 0.6) is 0 Å². The number of methoxy groups -OCH3 is 1. The summed E-state index contributed by atoms with van der Waals surface area (Å²) in [4.78, 5) is 0. The van der Waals surface area contributed by atoms with Crippen LogP contribution >= 0.6 is 0 Å². The van der Waals surface area contributed by atoms with E-state index in [-0.39, 0.29) is 0 Å². The Morgan fingerprint density at radius 3 is 2.71 bits per heavy atom. The first-order valence-corrected chi connectivity index (χ1v) is 8.26. The van der Waals surface area contributed by atoms with Crippen LogP contribution in [0.1, 0.15) is 11.1 Å². The van der Waals surface area contributed by atoms with E-state index >= 15 is 0 Å². The smallest absolute Gasteiger partial charge is 0.123 e. The maximum absolute atomic E-state index is 5.86. The Balaban J connectivity index is 1.62. The summed E-state index contributed by atoms with van der Waals surface area (Å²) in [6, 6.07) is 18.8. The normalized spacial score (nSPS) is 11.2. The molecule has 4 heteroatoms. The highest BCUT2D eigenvalue weighted by Gasteiger charge is 2.05. The van der Waals surface area contributed by atoms with Crippen molar-refractivity contribution in [1.29, 1.82) is 0 Å². The van der Waals surface area contributed by atoms with Crippen molar-refractivity contribution in [3.63, 3.8) is 0 Å². The fourth-order valence-electron chi connectivity index (χ4n) is 2.79. The van der Waals surface area contributed by atoms with E-state index in [4.69, 9.17) is 9.47 Å². The topological polar surface area (TPSA) is 35.4 Å². The quantitative estimate of drug-likeness (QED) is 0.611. The van der Waals surface area contributed by atoms with Crippen molar-refractivity contribution < 1.29 is 9.47 Å². The Bertz CT molecular complexity index is 753. The number of hydrogen-bond acceptors (Lipinski definition) is 3. The van der Waals surface area contributed by atoms with E-state index in [9.17, 15) is 0 Å². The molecule has 3 aromatic rings. The average Bonchev–Trinajstić information content (AvgIpc) is 3.04. The predicted molar refractivity (Wildman–Crippen MR) is 96.8 cm³/mol. The van der Waals surface area contributed by atoms with Crippen molar-refractivity contribution in [3.8, 4) is 0 Å². The highest BCUT2D eigenvalue weighted by molar-refractivity contribution is 5.83. The molecule has 2 aromatic carbocycles. The lowest BCUT2D eigenvalue weighted by Gasteiger charge is -2.09. The summed E-state index contributed by atoms with van der Waals surface area (Å²) in [5, 5.41) is 4.67. The summed E-state index contributed by atoms with van der Waals surface area (Å²) < 4.78 is 13.1. The van der Waals surface area contributed by atoms with Gasteiger partial charge in [0.25, 0.3) is 0 Å². The minimum Gasteiger partial charge on any atom is -0.383 e. The van der Waals surface area contributed by atoms with Crippen molar-refractivity contribution >= 4 is 10.9 Å². The van der Waals surface area contributed by atoms with Gasteiger partial charge in [-0.25, -0.2) is 0 Å². The van der Waals surface area contributed by atoms with Gasteiger partial charge in [-0.3, -0.25) is 0 Å². The zero-order valence-electron chi connectivity index (χ0n) is 14.1. The van der Waals surface area contributed by atoms with Gasteiger partial charge in [0, 0.05) is 31.8 Å². The highest BCUT2D eigenvalue weighted by atomic mass is 16.5. The van der Waals surface area contributed by atoms with Crippen LogP contribution in [0.4, 0.5) is 0 Å². The van der Waals surface area contributed by atoms with Gasteiger partial charge < -0.3 is 19.4 Å². The Hall–Kier alpha value is -2.14. The molecule has 0 bridgehead atoms. The standard InChI is InChI=1S/C20H24N2O2/c1-23-13-11-21-14-18-8-5-9-20-19(18)10-12-22(20)16-24-15-17-6-3-2-4-7-17/h2-10,12,21H,11,13-16H2,1H3. The Kier molecular flexibility index (Phi) is 6.01. The molecule has 0 spiro atoms. The van der Waals surface area contributed by atoms with Gasteiger partial charge in [0.05, 0.1) is 18.7 Å². The van der Waals surface area contributed by atoms with Gasteiger partial charge in [0.2, 0.25) is 0 Å². The van der Waals surface area contributed by atoms with Crippen LogP contribution in [0.3, 0.4) is 0 Å². The second-order valence-electron chi connectivity index (χ2n) is 5.77. The van der Waals surface area contributed by atoms with E-state index in [0.29, 0.717) is 13.3 Å². The molecule has 1 N–H and O–H groups in total. The van der Waals surface area contributed by atoms with Crippen LogP contribution in [0, 0.1) is 0 Å². The molecular formula is C20H24N2O2. The monoisotopic (exact) mass is 324 g/mol. The third-order valence-electron chi connectivity index (χ3n) is 4.04. The molecule has 0 radical (unpaired) electrons. The van der Waals surface area contributed by atoms with E-state index < -0.39 is 0 Å². The first kappa shape index (κ1) is 16.7. The molecule has 0 aliphatic rings. The van der Waals surface area contributed by atoms with Crippen molar-refractivity contribution in [1.82, 2.24) is 9.88 Å². The Morgan fingerprint density at radius 2 is 1.88 bits per heavy atom. The molecule has 0 amide bonds. The van der Waals surface area contributed by atoms with Crippen LogP contribution in [-0.2, 0) is 29.4 Å². The van der Waals surface area contributed by atoms with Crippen molar-refractivity contribution in [3.05, 3.63) is 71.9 Å². The second-order valence-corrected chi connectivity index (χ2v) is 5.77. The van der Waals surface area contributed by atoms with Gasteiger partial charge in [-0.1, -0.05) is 42.5 Å². The number of aromatic nitrogens is 1. The van der Waals surface area contributed by atoms with Gasteiger partial charge in [0.1, 0.15) is 6.73 Å². The number of benzene rings is 2. The number of ether oxygens (including phenoxy) is 2. The molecule has 1 aromatic heterocycles. The molecular weight excluding hydrogens is 300 g/mol. The molecule has 0 saturated carbocycles. The SMILES string of the molecule is COCCNCc1cccc2c1ccn2COCc1ccccc1. The van der Waals surface area contributed by atoms with Gasteiger partial charge in [-0.05, 0) is 23.3 Å². The lowest BCUT2D eigenvalue weighted by Crippen LogP contribution is -2.18. The first-order chi connectivity index (χ1) is 11.9. The number of nitrogens with one attached hydrogen (secondary N) is 1. The Labute approximate surface area is 143 Å². The molecule has 4 nitrogen and oxygen atoms in total. The van der Waals surface area contributed by atoms with Crippen LogP contribution in [0.2, 0.25) is 0 Å². The van der Waals surface area contributed by atoms with Gasteiger partial charge in [0.15, 0.2) is 0 Å². The number of fused-ring (bicyclic) bond motifs is 1. The minimum absolute atomic E-state index is 0.555. The van der Waals surface area contributed by atoms with Gasteiger partial charge in [-0.2, -0.15) is 0 Å². The van der Waals surface area contributed by atoms with E-state index in [1.54, 1.807) is 7.11 Å². The minimum atomic E-state index is 0.555. The van der Waals surface area contributed by atoms with E-state index in [2.05, 4.69) is 52.5 Å². The van der Waals surface area contributed by atoms with Gasteiger partial charge >= 0.3 is 0 Å². The van der Waals surface area contributed by atoms with Crippen LogP contribution in [0.15, 0.2) is 60.8 Å². The van der Waals surface area contributed by atoms with Crippen molar-refractivity contribution in [2.75, 3.05) is 20.3 Å². The summed E-state index contributed by atoms with van der Waals surface area (Å²) >= 11 is 0. The molecule has 0 saturated heterocycles. The first-order valence-electron chi connectivity index (χ1n) is 8.26. The fourth-order valence-corrected chi connectivity index (χ4v) is 2.79.